The number of amides is 1. The molecule has 0 saturated carbocycles. The first kappa shape index (κ1) is 37.4. The van der Waals surface area contributed by atoms with E-state index in [0.717, 1.165) is 11.1 Å². The minimum atomic E-state index is -0.732. The molecule has 0 aromatic heterocycles. The van der Waals surface area contributed by atoms with E-state index in [1.165, 1.54) is 86.2 Å². The zero-order valence-corrected chi connectivity index (χ0v) is 30.1. The monoisotopic (exact) mass is 723 g/mol. The van der Waals surface area contributed by atoms with E-state index >= 15 is 0 Å². The number of hydrogen-bond donors (Lipinski definition) is 1. The van der Waals surface area contributed by atoms with Crippen LogP contribution in [0.3, 0.4) is 0 Å². The summed E-state index contributed by atoms with van der Waals surface area (Å²) in [5, 5.41) is 2.85. The van der Waals surface area contributed by atoms with Crippen LogP contribution < -0.4 is 47.9 Å². The molecular formula is C40H37NO12. The van der Waals surface area contributed by atoms with Crippen LogP contribution in [-0.4, -0.2) is 67.6 Å². The van der Waals surface area contributed by atoms with Crippen LogP contribution in [0.1, 0.15) is 31.1 Å². The Kier molecular flexibility index (Phi) is 11.9. The Labute approximate surface area is 305 Å². The van der Waals surface area contributed by atoms with Gasteiger partial charge in [0.25, 0.3) is 5.91 Å². The Morgan fingerprint density at radius 2 is 0.830 bits per heavy atom. The topological polar surface area (TPSA) is 146 Å². The normalized spacial score (nSPS) is 10.4. The Morgan fingerprint density at radius 3 is 1.30 bits per heavy atom. The van der Waals surface area contributed by atoms with E-state index < -0.39 is 17.8 Å². The van der Waals surface area contributed by atoms with Crippen LogP contribution in [-0.2, 0) is 0 Å². The summed E-state index contributed by atoms with van der Waals surface area (Å²) >= 11 is 0. The molecule has 5 aromatic rings. The first-order valence-electron chi connectivity index (χ1n) is 15.9. The highest BCUT2D eigenvalue weighted by atomic mass is 16.6. The molecule has 0 heterocycles. The number of carbonyl (C=O) groups excluding carboxylic acids is 3. The van der Waals surface area contributed by atoms with Crippen LogP contribution in [0.25, 0.3) is 11.1 Å². The van der Waals surface area contributed by atoms with Crippen molar-refractivity contribution in [2.24, 2.45) is 0 Å². The number of nitrogens with one attached hydrogen (secondary N) is 1. The van der Waals surface area contributed by atoms with Gasteiger partial charge in [-0.05, 0) is 53.6 Å². The molecule has 5 aromatic carbocycles. The van der Waals surface area contributed by atoms with Crippen LogP contribution in [0.15, 0.2) is 91.0 Å². The molecule has 0 bridgehead atoms. The second-order valence-corrected chi connectivity index (χ2v) is 11.0. The van der Waals surface area contributed by atoms with Crippen molar-refractivity contribution in [3.8, 4) is 62.9 Å². The predicted molar refractivity (Wildman–Crippen MR) is 195 cm³/mol. The average Bonchev–Trinajstić information content (AvgIpc) is 3.20. The highest BCUT2D eigenvalue weighted by molar-refractivity contribution is 6.05. The second-order valence-electron chi connectivity index (χ2n) is 11.0. The van der Waals surface area contributed by atoms with Gasteiger partial charge in [-0.15, -0.1) is 0 Å². The standard InChI is InChI=1S/C40H37NO12/c1-45-31-21-36(50-6)34(48-4)19-28(31)39(43)52-27-15-10-24(11-16-27)23-8-13-26(14-9-23)41-38(42)25-12-17-30(33(18-25)47-3)53-40(44)29-20-35(49-5)37(51-7)22-32(29)46-2/h8-22H,1-7H3,(H,41,42). The third-order valence-corrected chi connectivity index (χ3v) is 8.02. The van der Waals surface area contributed by atoms with Crippen molar-refractivity contribution in [3.63, 3.8) is 0 Å². The molecule has 0 fully saturated rings. The third-order valence-electron chi connectivity index (χ3n) is 8.02. The molecule has 0 aliphatic carbocycles. The van der Waals surface area contributed by atoms with Crippen LogP contribution in [0, 0.1) is 0 Å². The van der Waals surface area contributed by atoms with Gasteiger partial charge in [0.1, 0.15) is 28.4 Å². The van der Waals surface area contributed by atoms with Crippen LogP contribution >= 0.6 is 0 Å². The Hall–Kier alpha value is -6.89. The van der Waals surface area contributed by atoms with Gasteiger partial charge < -0.3 is 47.9 Å². The van der Waals surface area contributed by atoms with Crippen molar-refractivity contribution in [1.82, 2.24) is 0 Å². The molecule has 0 aliphatic heterocycles. The number of hydrogen-bond acceptors (Lipinski definition) is 12. The lowest BCUT2D eigenvalue weighted by molar-refractivity contribution is 0.0718. The molecule has 13 nitrogen and oxygen atoms in total. The van der Waals surface area contributed by atoms with Gasteiger partial charge in [-0.2, -0.15) is 0 Å². The average molecular weight is 724 g/mol. The fourth-order valence-corrected chi connectivity index (χ4v) is 5.25. The summed E-state index contributed by atoms with van der Waals surface area (Å²) in [6.45, 7) is 0. The van der Waals surface area contributed by atoms with Crippen molar-refractivity contribution in [1.29, 1.82) is 0 Å². The van der Waals surface area contributed by atoms with E-state index in [0.29, 0.717) is 34.4 Å². The van der Waals surface area contributed by atoms with Crippen molar-refractivity contribution in [2.45, 2.75) is 0 Å². The predicted octanol–water partition coefficient (Wildman–Crippen LogP) is 7.10. The van der Waals surface area contributed by atoms with Gasteiger partial charge in [0, 0.05) is 35.5 Å². The van der Waals surface area contributed by atoms with Crippen molar-refractivity contribution in [3.05, 3.63) is 108 Å². The zero-order chi connectivity index (χ0) is 38.1. The van der Waals surface area contributed by atoms with Crippen molar-refractivity contribution in [2.75, 3.05) is 55.1 Å². The smallest absolute Gasteiger partial charge is 0.347 e. The Morgan fingerprint density at radius 1 is 0.415 bits per heavy atom. The van der Waals surface area contributed by atoms with Crippen molar-refractivity contribution < 1.29 is 57.0 Å². The summed E-state index contributed by atoms with van der Waals surface area (Å²) in [5.41, 5.74) is 2.81. The van der Waals surface area contributed by atoms with Crippen LogP contribution in [0.4, 0.5) is 5.69 Å². The number of benzene rings is 5. The van der Waals surface area contributed by atoms with E-state index in [9.17, 15) is 14.4 Å². The van der Waals surface area contributed by atoms with E-state index in [1.807, 2.05) is 24.3 Å². The minimum absolute atomic E-state index is 0.0942. The van der Waals surface area contributed by atoms with Gasteiger partial charge in [-0.1, -0.05) is 24.3 Å². The molecule has 0 radical (unpaired) electrons. The molecule has 1 N–H and O–H groups in total. The quantitative estimate of drug-likeness (QED) is 0.0921. The summed E-state index contributed by atoms with van der Waals surface area (Å²) in [5.74, 6) is 0.801. The number of rotatable bonds is 14. The largest absolute Gasteiger partial charge is 0.496 e. The fourth-order valence-electron chi connectivity index (χ4n) is 5.25. The van der Waals surface area contributed by atoms with Gasteiger partial charge in [-0.3, -0.25) is 4.79 Å². The van der Waals surface area contributed by atoms with Gasteiger partial charge in [0.15, 0.2) is 34.5 Å². The van der Waals surface area contributed by atoms with Gasteiger partial charge >= 0.3 is 11.9 Å². The van der Waals surface area contributed by atoms with Crippen molar-refractivity contribution >= 4 is 23.5 Å². The summed E-state index contributed by atoms with van der Waals surface area (Å²) in [7, 11) is 10.1. The SMILES string of the molecule is COc1cc(OC)c(C(=O)Oc2ccc(-c3ccc(NC(=O)c4ccc(OC(=O)c5cc(OC)c(OC)cc5OC)c(OC)c4)cc3)cc2)cc1OC. The molecule has 53 heavy (non-hydrogen) atoms. The fraction of sp³-hybridized carbons (Fsp3) is 0.175. The molecule has 0 spiro atoms. The lowest BCUT2D eigenvalue weighted by Gasteiger charge is -2.15. The number of anilines is 1. The van der Waals surface area contributed by atoms with Gasteiger partial charge in [-0.25, -0.2) is 9.59 Å². The van der Waals surface area contributed by atoms with Gasteiger partial charge in [0.2, 0.25) is 0 Å². The molecule has 0 atom stereocenters. The third kappa shape index (κ3) is 8.37. The Balaban J connectivity index is 1.23. The van der Waals surface area contributed by atoms with Gasteiger partial charge in [0.05, 0.1) is 49.8 Å². The number of carbonyl (C=O) groups is 3. The summed E-state index contributed by atoms with van der Waals surface area (Å²) < 4.78 is 48.5. The van der Waals surface area contributed by atoms with Crippen LogP contribution in [0.2, 0.25) is 0 Å². The number of methoxy groups -OCH3 is 7. The maximum absolute atomic E-state index is 13.2. The molecule has 13 heteroatoms. The first-order valence-corrected chi connectivity index (χ1v) is 15.9. The van der Waals surface area contributed by atoms with E-state index in [-0.39, 0.29) is 39.7 Å². The lowest BCUT2D eigenvalue weighted by Crippen LogP contribution is -2.14. The summed E-state index contributed by atoms with van der Waals surface area (Å²) in [6, 6.07) is 24.6. The maximum Gasteiger partial charge on any atom is 0.347 e. The molecule has 0 unspecified atom stereocenters. The second kappa shape index (κ2) is 16.9. The molecule has 5 rings (SSSR count). The molecule has 0 saturated heterocycles. The maximum atomic E-state index is 13.2. The van der Waals surface area contributed by atoms with Crippen LogP contribution in [0.5, 0.6) is 51.7 Å². The molecular weight excluding hydrogens is 686 g/mol. The molecule has 1 amide bonds. The molecule has 274 valence electrons. The summed E-state index contributed by atoms with van der Waals surface area (Å²) in [6.07, 6.45) is 0. The molecule has 0 aliphatic rings. The zero-order valence-electron chi connectivity index (χ0n) is 30.1. The minimum Gasteiger partial charge on any atom is -0.496 e. The summed E-state index contributed by atoms with van der Waals surface area (Å²) in [4.78, 5) is 39.3. The van der Waals surface area contributed by atoms with E-state index in [4.69, 9.17) is 42.6 Å². The van der Waals surface area contributed by atoms with E-state index in [1.54, 1.807) is 30.3 Å². The number of ether oxygens (including phenoxy) is 9. The van der Waals surface area contributed by atoms with E-state index in [2.05, 4.69) is 5.32 Å². The highest BCUT2D eigenvalue weighted by Gasteiger charge is 2.22. The number of esters is 2. The highest BCUT2D eigenvalue weighted by Crippen LogP contribution is 2.37. The lowest BCUT2D eigenvalue weighted by atomic mass is 10.1. The first-order chi connectivity index (χ1) is 25.7. The Bertz CT molecular complexity index is 2110.